The lowest BCUT2D eigenvalue weighted by Crippen LogP contribution is -2.61. The Kier molecular flexibility index (Phi) is 11.7. The Morgan fingerprint density at radius 3 is 2.35 bits per heavy atom. The van der Waals surface area contributed by atoms with Crippen LogP contribution in [0, 0.1) is 11.8 Å². The molecule has 5 unspecified atom stereocenters. The second-order valence-electron chi connectivity index (χ2n) is 14.7. The van der Waals surface area contributed by atoms with Crippen molar-refractivity contribution in [1.29, 1.82) is 0 Å². The van der Waals surface area contributed by atoms with Gasteiger partial charge in [-0.25, -0.2) is 4.98 Å². The van der Waals surface area contributed by atoms with Crippen molar-refractivity contribution in [3.05, 3.63) is 78.0 Å². The number of primary amides is 1. The van der Waals surface area contributed by atoms with E-state index < -0.39 is 53.9 Å². The molecular formula is C38H50N6O5. The van der Waals surface area contributed by atoms with E-state index in [2.05, 4.69) is 25.8 Å². The van der Waals surface area contributed by atoms with Crippen molar-refractivity contribution in [1.82, 2.24) is 25.8 Å². The van der Waals surface area contributed by atoms with Crippen molar-refractivity contribution < 1.29 is 24.3 Å². The quantitative estimate of drug-likeness (QED) is 0.198. The standard InChI is InChI=1S/C38H50N6O5/c1-38(2,3)43-37(49)32-20-26-14-7-8-15-27(26)22-44(32)23-33(45)30(19-24-11-5-4-6-12-24)41-36(48)31(21-34(39)46)42-35(47)29-18-17-25-13-9-10-16-28(25)40-29/h4-6,9-13,16-18,26-27,30-33,45H,7-8,14-15,19-23H2,1-3H3,(H2,39,46)(H,41,48)(H,42,47)(H,43,49)/t26?,27?,30-,31?,32?,33?/m0/s1. The SMILES string of the molecule is CC(C)(C)NC(=O)C1CC2CCCCC2CN1CC(O)[C@H](Cc1ccccc1)NC(=O)C(CC(N)=O)NC(=O)c1ccc2ccccc2n1. The molecule has 1 saturated carbocycles. The van der Waals surface area contributed by atoms with Crippen LogP contribution in [0.25, 0.3) is 10.9 Å². The molecule has 1 aromatic heterocycles. The van der Waals surface area contributed by atoms with Crippen LogP contribution >= 0.6 is 0 Å². The zero-order valence-corrected chi connectivity index (χ0v) is 28.7. The van der Waals surface area contributed by atoms with Crippen LogP contribution in [0.3, 0.4) is 0 Å². The van der Waals surface area contributed by atoms with Crippen LogP contribution in [0.4, 0.5) is 0 Å². The van der Waals surface area contributed by atoms with Crippen LogP contribution in [0.2, 0.25) is 0 Å². The van der Waals surface area contributed by atoms with Gasteiger partial charge in [-0.05, 0) is 69.6 Å². The summed E-state index contributed by atoms with van der Waals surface area (Å²) >= 11 is 0. The molecule has 49 heavy (non-hydrogen) atoms. The molecule has 4 amide bonds. The highest BCUT2D eigenvalue weighted by molar-refractivity contribution is 5.99. The van der Waals surface area contributed by atoms with Crippen LogP contribution in [-0.4, -0.2) is 81.5 Å². The maximum absolute atomic E-state index is 13.8. The normalized spacial score (nSPS) is 21.5. The molecule has 11 heteroatoms. The summed E-state index contributed by atoms with van der Waals surface area (Å²) in [5.41, 5.74) is 6.70. The van der Waals surface area contributed by atoms with Crippen LogP contribution in [0.5, 0.6) is 0 Å². The molecule has 2 aliphatic rings. The Morgan fingerprint density at radius 1 is 0.939 bits per heavy atom. The van der Waals surface area contributed by atoms with E-state index in [4.69, 9.17) is 5.73 Å². The van der Waals surface area contributed by atoms with Crippen molar-refractivity contribution in [2.75, 3.05) is 13.1 Å². The van der Waals surface area contributed by atoms with E-state index in [0.717, 1.165) is 36.6 Å². The second-order valence-corrected chi connectivity index (χ2v) is 14.7. The largest absolute Gasteiger partial charge is 0.390 e. The summed E-state index contributed by atoms with van der Waals surface area (Å²) in [4.78, 5) is 59.3. The first kappa shape index (κ1) is 35.9. The highest BCUT2D eigenvalue weighted by Crippen LogP contribution is 2.39. The monoisotopic (exact) mass is 670 g/mol. The summed E-state index contributed by atoms with van der Waals surface area (Å²) in [6.45, 7) is 6.73. The molecule has 3 aromatic rings. The van der Waals surface area contributed by atoms with Crippen molar-refractivity contribution >= 4 is 34.5 Å². The van der Waals surface area contributed by atoms with Gasteiger partial charge in [0.25, 0.3) is 5.91 Å². The van der Waals surface area contributed by atoms with Crippen LogP contribution in [0.15, 0.2) is 66.7 Å². The minimum absolute atomic E-state index is 0.0566. The topological polar surface area (TPSA) is 167 Å². The summed E-state index contributed by atoms with van der Waals surface area (Å²) in [6.07, 6.45) is 4.03. The Labute approximate surface area is 288 Å². The zero-order valence-electron chi connectivity index (χ0n) is 28.7. The molecule has 5 rings (SSSR count). The number of rotatable bonds is 12. The zero-order chi connectivity index (χ0) is 35.1. The third-order valence-electron chi connectivity index (χ3n) is 9.67. The van der Waals surface area contributed by atoms with Crippen molar-refractivity contribution in [2.45, 2.75) is 95.5 Å². The maximum atomic E-state index is 13.8. The molecule has 11 nitrogen and oxygen atoms in total. The molecular weight excluding hydrogens is 620 g/mol. The summed E-state index contributed by atoms with van der Waals surface area (Å²) in [7, 11) is 0. The van der Waals surface area contributed by atoms with Gasteiger partial charge < -0.3 is 26.8 Å². The van der Waals surface area contributed by atoms with Gasteiger partial charge in [0.05, 0.1) is 30.1 Å². The lowest BCUT2D eigenvalue weighted by molar-refractivity contribution is -0.133. The number of aliphatic hydroxyl groups is 1. The van der Waals surface area contributed by atoms with Gasteiger partial charge in [0, 0.05) is 24.0 Å². The number of hydrogen-bond acceptors (Lipinski definition) is 7. The number of nitrogens with two attached hydrogens (primary N) is 1. The molecule has 262 valence electrons. The van der Waals surface area contributed by atoms with E-state index in [-0.39, 0.29) is 24.6 Å². The van der Waals surface area contributed by atoms with E-state index in [9.17, 15) is 24.3 Å². The number of benzene rings is 2. The molecule has 1 aliphatic heterocycles. The van der Waals surface area contributed by atoms with Crippen molar-refractivity contribution in [2.24, 2.45) is 17.6 Å². The van der Waals surface area contributed by atoms with Crippen LogP contribution < -0.4 is 21.7 Å². The van der Waals surface area contributed by atoms with E-state index in [1.807, 2.05) is 69.3 Å². The van der Waals surface area contributed by atoms with Crippen LogP contribution in [0.1, 0.15) is 75.3 Å². The molecule has 6 N–H and O–H groups in total. The van der Waals surface area contributed by atoms with Gasteiger partial charge >= 0.3 is 0 Å². The fourth-order valence-electron chi connectivity index (χ4n) is 7.26. The van der Waals surface area contributed by atoms with Crippen molar-refractivity contribution in [3.63, 3.8) is 0 Å². The fourth-order valence-corrected chi connectivity index (χ4v) is 7.26. The Bertz CT molecular complexity index is 1630. The average Bonchev–Trinajstić information content (AvgIpc) is 3.06. The lowest BCUT2D eigenvalue weighted by Gasteiger charge is -2.47. The summed E-state index contributed by atoms with van der Waals surface area (Å²) in [6, 6.07) is 17.6. The first-order valence-electron chi connectivity index (χ1n) is 17.4. The minimum Gasteiger partial charge on any atom is -0.390 e. The van der Waals surface area contributed by atoms with Gasteiger partial charge in [0.2, 0.25) is 17.7 Å². The number of aliphatic hydroxyl groups excluding tert-OH is 1. The van der Waals surface area contributed by atoms with Gasteiger partial charge in [-0.2, -0.15) is 0 Å². The molecule has 2 heterocycles. The third kappa shape index (κ3) is 9.86. The number of fused-ring (bicyclic) bond motifs is 2. The average molecular weight is 671 g/mol. The van der Waals surface area contributed by atoms with Crippen LogP contribution in [-0.2, 0) is 20.8 Å². The summed E-state index contributed by atoms with van der Waals surface area (Å²) in [5, 5.41) is 21.4. The summed E-state index contributed by atoms with van der Waals surface area (Å²) in [5.74, 6) is -1.20. The predicted molar refractivity (Wildman–Crippen MR) is 188 cm³/mol. The molecule has 0 radical (unpaired) electrons. The molecule has 2 aromatic carbocycles. The van der Waals surface area contributed by atoms with Gasteiger partial charge in [0.1, 0.15) is 11.7 Å². The lowest BCUT2D eigenvalue weighted by atomic mass is 9.72. The number of β-amino-alcohol motifs (C(OH)–C–C–N with tert-alkyl or cyclic N) is 1. The molecule has 1 aliphatic carbocycles. The van der Waals surface area contributed by atoms with Gasteiger partial charge in [0.15, 0.2) is 0 Å². The van der Waals surface area contributed by atoms with Gasteiger partial charge in [-0.15, -0.1) is 0 Å². The highest BCUT2D eigenvalue weighted by Gasteiger charge is 2.42. The third-order valence-corrected chi connectivity index (χ3v) is 9.67. The van der Waals surface area contributed by atoms with E-state index in [0.29, 0.717) is 23.9 Å². The van der Waals surface area contributed by atoms with E-state index >= 15 is 0 Å². The number of pyridine rings is 1. The van der Waals surface area contributed by atoms with Gasteiger partial charge in [-0.3, -0.25) is 24.1 Å². The molecule has 2 fully saturated rings. The summed E-state index contributed by atoms with van der Waals surface area (Å²) < 4.78 is 0. The highest BCUT2D eigenvalue weighted by atomic mass is 16.3. The molecule has 0 spiro atoms. The molecule has 1 saturated heterocycles. The Hall–Kier alpha value is -4.35. The minimum atomic E-state index is -1.30. The number of carbonyl (C=O) groups is 4. The smallest absolute Gasteiger partial charge is 0.270 e. The molecule has 6 atom stereocenters. The number of para-hydroxylation sites is 1. The number of hydrogen-bond donors (Lipinski definition) is 5. The van der Waals surface area contributed by atoms with E-state index in [1.54, 1.807) is 18.2 Å². The number of nitrogens with zero attached hydrogens (tertiary/aromatic N) is 2. The first-order valence-corrected chi connectivity index (χ1v) is 17.4. The number of likely N-dealkylation sites (tertiary alicyclic amines) is 1. The second kappa shape index (κ2) is 15.9. The van der Waals surface area contributed by atoms with Crippen molar-refractivity contribution in [3.8, 4) is 0 Å². The number of piperidine rings is 1. The number of amides is 4. The van der Waals surface area contributed by atoms with Gasteiger partial charge in [-0.1, -0.05) is 73.9 Å². The Morgan fingerprint density at radius 2 is 1.63 bits per heavy atom. The number of aromatic nitrogens is 1. The maximum Gasteiger partial charge on any atom is 0.270 e. The first-order chi connectivity index (χ1) is 23.4. The number of carbonyl (C=O) groups excluding carboxylic acids is 4. The van der Waals surface area contributed by atoms with E-state index in [1.165, 1.54) is 6.42 Å². The number of nitrogens with one attached hydrogen (secondary N) is 3. The fraction of sp³-hybridized carbons (Fsp3) is 0.500. The Balaban J connectivity index is 1.35. The molecule has 0 bridgehead atoms. The predicted octanol–water partition coefficient (Wildman–Crippen LogP) is 3.09.